The number of alkyl halides is 3. The molecule has 0 aliphatic carbocycles. The number of benzene rings is 1. The molecule has 1 fully saturated rings. The van der Waals surface area contributed by atoms with E-state index in [1.807, 2.05) is 0 Å². The largest absolute Gasteiger partial charge is 0.480 e. The molecule has 1 aromatic carbocycles. The molecule has 5 nitrogen and oxygen atoms in total. The minimum Gasteiger partial charge on any atom is -0.480 e. The van der Waals surface area contributed by atoms with E-state index in [4.69, 9.17) is 9.84 Å². The number of carboxylic acids is 1. The fourth-order valence-electron chi connectivity index (χ4n) is 2.02. The maximum absolute atomic E-state index is 12.5. The van der Waals surface area contributed by atoms with Gasteiger partial charge < -0.3 is 14.7 Å². The van der Waals surface area contributed by atoms with Crippen LogP contribution in [-0.4, -0.2) is 47.7 Å². The summed E-state index contributed by atoms with van der Waals surface area (Å²) in [5.74, 6) is -1.84. The van der Waals surface area contributed by atoms with Gasteiger partial charge in [0.25, 0.3) is 5.91 Å². The monoisotopic (exact) mass is 303 g/mol. The van der Waals surface area contributed by atoms with Crippen LogP contribution in [-0.2, 0) is 15.7 Å². The Balaban J connectivity index is 2.20. The van der Waals surface area contributed by atoms with Crippen LogP contribution in [0.3, 0.4) is 0 Å². The number of carboxylic acid groups (broad SMARTS) is 1. The van der Waals surface area contributed by atoms with E-state index in [9.17, 15) is 22.8 Å². The Bertz CT molecular complexity index is 541. The Morgan fingerprint density at radius 1 is 1.24 bits per heavy atom. The smallest absolute Gasteiger partial charge is 0.416 e. The van der Waals surface area contributed by atoms with E-state index in [-0.39, 0.29) is 25.3 Å². The maximum Gasteiger partial charge on any atom is 0.416 e. The quantitative estimate of drug-likeness (QED) is 0.902. The van der Waals surface area contributed by atoms with Gasteiger partial charge in [0.1, 0.15) is 0 Å². The van der Waals surface area contributed by atoms with E-state index < -0.39 is 29.7 Å². The first-order valence-corrected chi connectivity index (χ1v) is 6.09. The van der Waals surface area contributed by atoms with Gasteiger partial charge in [-0.2, -0.15) is 13.2 Å². The number of hydrogen-bond donors (Lipinski definition) is 1. The second-order valence-corrected chi connectivity index (χ2v) is 4.50. The molecule has 1 N–H and O–H groups in total. The van der Waals surface area contributed by atoms with Crippen LogP contribution in [0.4, 0.5) is 13.2 Å². The van der Waals surface area contributed by atoms with Gasteiger partial charge in [0.15, 0.2) is 6.04 Å². The van der Waals surface area contributed by atoms with Crippen LogP contribution in [0.25, 0.3) is 0 Å². The summed E-state index contributed by atoms with van der Waals surface area (Å²) in [6.07, 6.45) is -4.48. The highest BCUT2D eigenvalue weighted by Gasteiger charge is 2.34. The normalized spacial score (nSPS) is 19.4. The Morgan fingerprint density at radius 2 is 1.86 bits per heavy atom. The molecule has 114 valence electrons. The van der Waals surface area contributed by atoms with Crippen molar-refractivity contribution in [2.24, 2.45) is 0 Å². The summed E-state index contributed by atoms with van der Waals surface area (Å²) in [4.78, 5) is 24.4. The first-order chi connectivity index (χ1) is 9.80. The number of amides is 1. The first-order valence-electron chi connectivity index (χ1n) is 6.09. The molecule has 1 amide bonds. The van der Waals surface area contributed by atoms with E-state index in [1.165, 1.54) is 0 Å². The van der Waals surface area contributed by atoms with Crippen molar-refractivity contribution in [3.05, 3.63) is 35.4 Å². The van der Waals surface area contributed by atoms with Crippen LogP contribution in [0.2, 0.25) is 0 Å². The van der Waals surface area contributed by atoms with Crippen molar-refractivity contribution >= 4 is 11.9 Å². The highest BCUT2D eigenvalue weighted by Crippen LogP contribution is 2.29. The van der Waals surface area contributed by atoms with E-state index in [0.29, 0.717) is 0 Å². The minimum absolute atomic E-state index is 0.0103. The molecule has 0 saturated carbocycles. The summed E-state index contributed by atoms with van der Waals surface area (Å²) >= 11 is 0. The van der Waals surface area contributed by atoms with Gasteiger partial charge in [0.05, 0.1) is 18.8 Å². The second kappa shape index (κ2) is 5.72. The van der Waals surface area contributed by atoms with E-state index >= 15 is 0 Å². The fraction of sp³-hybridized carbons (Fsp3) is 0.385. The molecule has 21 heavy (non-hydrogen) atoms. The molecule has 0 bridgehead atoms. The zero-order valence-corrected chi connectivity index (χ0v) is 10.8. The highest BCUT2D eigenvalue weighted by molar-refractivity contribution is 5.96. The summed E-state index contributed by atoms with van der Waals surface area (Å²) < 4.78 is 42.4. The zero-order chi connectivity index (χ0) is 15.6. The number of aliphatic carboxylic acids is 1. The van der Waals surface area contributed by atoms with Gasteiger partial charge in [-0.3, -0.25) is 4.79 Å². The van der Waals surface area contributed by atoms with Crippen LogP contribution in [0.5, 0.6) is 0 Å². The molecule has 1 unspecified atom stereocenters. The van der Waals surface area contributed by atoms with Gasteiger partial charge in [0, 0.05) is 12.1 Å². The Kier molecular flexibility index (Phi) is 4.17. The predicted molar refractivity (Wildman–Crippen MR) is 64.7 cm³/mol. The summed E-state index contributed by atoms with van der Waals surface area (Å²) in [7, 11) is 0. The summed E-state index contributed by atoms with van der Waals surface area (Å²) in [6.45, 7) is 0.134. The van der Waals surface area contributed by atoms with Crippen molar-refractivity contribution < 1.29 is 32.6 Å². The van der Waals surface area contributed by atoms with Crippen LogP contribution in [0, 0.1) is 0 Å². The molecular weight excluding hydrogens is 291 g/mol. The first kappa shape index (κ1) is 15.3. The summed E-state index contributed by atoms with van der Waals surface area (Å²) in [5.41, 5.74) is -0.855. The minimum atomic E-state index is -4.48. The van der Waals surface area contributed by atoms with Gasteiger partial charge in [0.2, 0.25) is 0 Å². The number of morpholine rings is 1. The number of hydrogen-bond acceptors (Lipinski definition) is 3. The van der Waals surface area contributed by atoms with E-state index in [0.717, 1.165) is 29.2 Å². The average molecular weight is 303 g/mol. The molecule has 8 heteroatoms. The standard InChI is InChI=1S/C13H12F3NO4/c14-13(15,16)9-3-1-8(2-4-9)11(18)17-5-6-21-7-10(17)12(19)20/h1-4,10H,5-7H2,(H,19,20). The third kappa shape index (κ3) is 3.33. The molecule has 1 aromatic rings. The molecule has 1 heterocycles. The van der Waals surface area contributed by atoms with Gasteiger partial charge in [-0.15, -0.1) is 0 Å². The molecule has 0 aromatic heterocycles. The van der Waals surface area contributed by atoms with Crippen LogP contribution < -0.4 is 0 Å². The van der Waals surface area contributed by atoms with Gasteiger partial charge in [-0.05, 0) is 24.3 Å². The van der Waals surface area contributed by atoms with Gasteiger partial charge >= 0.3 is 12.1 Å². The molecule has 1 atom stereocenters. The number of rotatable bonds is 2. The lowest BCUT2D eigenvalue weighted by Crippen LogP contribution is -2.52. The number of halogens is 3. The molecule has 0 spiro atoms. The van der Waals surface area contributed by atoms with E-state index in [1.54, 1.807) is 0 Å². The van der Waals surface area contributed by atoms with Crippen LogP contribution in [0.1, 0.15) is 15.9 Å². The van der Waals surface area contributed by atoms with Gasteiger partial charge in [-0.25, -0.2) is 4.79 Å². The average Bonchev–Trinajstić information content (AvgIpc) is 2.45. The summed E-state index contributed by atoms with van der Waals surface area (Å²) in [5, 5.41) is 9.03. The molecule has 1 saturated heterocycles. The highest BCUT2D eigenvalue weighted by atomic mass is 19.4. The third-order valence-electron chi connectivity index (χ3n) is 3.13. The number of carbonyl (C=O) groups is 2. The molecule has 0 radical (unpaired) electrons. The predicted octanol–water partition coefficient (Wildman–Crippen LogP) is 1.63. The Hall–Kier alpha value is -2.09. The second-order valence-electron chi connectivity index (χ2n) is 4.50. The topological polar surface area (TPSA) is 66.8 Å². The molecule has 1 aliphatic rings. The number of carbonyl (C=O) groups excluding carboxylic acids is 1. The van der Waals surface area contributed by atoms with E-state index in [2.05, 4.69) is 0 Å². The van der Waals surface area contributed by atoms with Crippen LogP contribution >= 0.6 is 0 Å². The third-order valence-corrected chi connectivity index (χ3v) is 3.13. The number of ether oxygens (including phenoxy) is 1. The van der Waals surface area contributed by atoms with Crippen molar-refractivity contribution in [1.82, 2.24) is 4.90 Å². The zero-order valence-electron chi connectivity index (χ0n) is 10.8. The summed E-state index contributed by atoms with van der Waals surface area (Å²) in [6, 6.07) is 2.54. The lowest BCUT2D eigenvalue weighted by molar-refractivity contribution is -0.147. The number of nitrogens with zero attached hydrogens (tertiary/aromatic N) is 1. The molecule has 2 rings (SSSR count). The van der Waals surface area contributed by atoms with Crippen molar-refractivity contribution in [2.45, 2.75) is 12.2 Å². The lowest BCUT2D eigenvalue weighted by atomic mass is 10.1. The van der Waals surface area contributed by atoms with Gasteiger partial charge in [-0.1, -0.05) is 0 Å². The Morgan fingerprint density at radius 3 is 2.38 bits per heavy atom. The van der Waals surface area contributed by atoms with Crippen molar-refractivity contribution in [3.8, 4) is 0 Å². The SMILES string of the molecule is O=C(O)C1COCCN1C(=O)c1ccc(C(F)(F)F)cc1. The van der Waals surface area contributed by atoms with Crippen molar-refractivity contribution in [3.63, 3.8) is 0 Å². The lowest BCUT2D eigenvalue weighted by Gasteiger charge is -2.32. The molecular formula is C13H12F3NO4. The Labute approximate surface area is 117 Å². The molecule has 1 aliphatic heterocycles. The maximum atomic E-state index is 12.5. The van der Waals surface area contributed by atoms with Crippen molar-refractivity contribution in [2.75, 3.05) is 19.8 Å². The van der Waals surface area contributed by atoms with Crippen molar-refractivity contribution in [1.29, 1.82) is 0 Å². The fourth-order valence-corrected chi connectivity index (χ4v) is 2.02. The van der Waals surface area contributed by atoms with Crippen LogP contribution in [0.15, 0.2) is 24.3 Å².